The van der Waals surface area contributed by atoms with Gasteiger partial charge in [0.2, 0.25) is 0 Å². The number of carboxylic acid groups (broad SMARTS) is 1. The summed E-state index contributed by atoms with van der Waals surface area (Å²) in [5, 5.41) is 21.0. The number of aliphatic carboxylic acids is 1. The number of aryl methyl sites for hydroxylation is 3. The molecule has 112 valence electrons. The van der Waals surface area contributed by atoms with E-state index >= 15 is 0 Å². The zero-order valence-corrected chi connectivity index (χ0v) is 13.0. The van der Waals surface area contributed by atoms with E-state index in [0.29, 0.717) is 5.82 Å². The molecule has 0 radical (unpaired) electrons. The second kappa shape index (κ2) is 5.63. The Kier molecular flexibility index (Phi) is 4.06. The molecule has 2 aromatic rings. The van der Waals surface area contributed by atoms with Crippen molar-refractivity contribution in [1.82, 2.24) is 20.2 Å². The molecular weight excluding hydrogens is 268 g/mol. The first-order valence-electron chi connectivity index (χ1n) is 6.91. The number of hydrogen-bond donors (Lipinski definition) is 1. The van der Waals surface area contributed by atoms with Crippen molar-refractivity contribution < 1.29 is 9.90 Å². The van der Waals surface area contributed by atoms with E-state index in [1.807, 2.05) is 27.7 Å². The van der Waals surface area contributed by atoms with Crippen LogP contribution in [-0.4, -0.2) is 31.3 Å². The second-order valence-corrected chi connectivity index (χ2v) is 5.59. The average molecular weight is 288 g/mol. The zero-order valence-electron chi connectivity index (χ0n) is 13.0. The minimum absolute atomic E-state index is 0.326. The minimum Gasteiger partial charge on any atom is -0.481 e. The average Bonchev–Trinajstić information content (AvgIpc) is 2.84. The minimum atomic E-state index is -0.860. The number of aromatic nitrogens is 4. The highest BCUT2D eigenvalue weighted by Gasteiger charge is 2.26. The van der Waals surface area contributed by atoms with Gasteiger partial charge in [-0.2, -0.15) is 0 Å². The highest BCUT2D eigenvalue weighted by Crippen LogP contribution is 2.29. The summed E-state index contributed by atoms with van der Waals surface area (Å²) in [5.74, 6) is -0.815. The van der Waals surface area contributed by atoms with Gasteiger partial charge in [0.05, 0.1) is 12.0 Å². The van der Waals surface area contributed by atoms with E-state index in [1.54, 1.807) is 11.6 Å². The van der Waals surface area contributed by atoms with Crippen LogP contribution in [-0.2, 0) is 4.79 Å². The van der Waals surface area contributed by atoms with Crippen molar-refractivity contribution in [2.45, 2.75) is 40.7 Å². The van der Waals surface area contributed by atoms with Crippen molar-refractivity contribution in [3.05, 3.63) is 28.8 Å². The normalized spacial score (nSPS) is 14.0. The van der Waals surface area contributed by atoms with Crippen LogP contribution in [0, 0.1) is 26.7 Å². The van der Waals surface area contributed by atoms with Crippen molar-refractivity contribution in [1.29, 1.82) is 0 Å². The molecule has 0 saturated carbocycles. The summed E-state index contributed by atoms with van der Waals surface area (Å²) in [6.45, 7) is 9.55. The van der Waals surface area contributed by atoms with Crippen molar-refractivity contribution >= 4 is 5.97 Å². The summed E-state index contributed by atoms with van der Waals surface area (Å²) >= 11 is 0. The van der Waals surface area contributed by atoms with Gasteiger partial charge in [-0.05, 0) is 56.2 Å². The molecule has 0 fully saturated rings. The van der Waals surface area contributed by atoms with Gasteiger partial charge in [0, 0.05) is 5.56 Å². The quantitative estimate of drug-likeness (QED) is 0.935. The number of carbonyl (C=O) groups is 1. The van der Waals surface area contributed by atoms with Gasteiger partial charge in [-0.15, -0.1) is 5.10 Å². The fraction of sp³-hybridized carbons (Fsp3) is 0.467. The summed E-state index contributed by atoms with van der Waals surface area (Å²) in [7, 11) is 0. The van der Waals surface area contributed by atoms with Crippen LogP contribution in [0.25, 0.3) is 11.4 Å². The molecule has 0 amide bonds. The molecule has 21 heavy (non-hydrogen) atoms. The summed E-state index contributed by atoms with van der Waals surface area (Å²) in [4.78, 5) is 11.2. The highest BCUT2D eigenvalue weighted by atomic mass is 16.4. The lowest BCUT2D eigenvalue weighted by Gasteiger charge is -2.19. The Labute approximate surface area is 123 Å². The number of rotatable bonds is 4. The lowest BCUT2D eigenvalue weighted by molar-refractivity contribution is -0.142. The zero-order chi connectivity index (χ0) is 15.7. The molecule has 1 aromatic heterocycles. The number of hydrogen-bond acceptors (Lipinski definition) is 4. The van der Waals surface area contributed by atoms with Gasteiger partial charge >= 0.3 is 5.97 Å². The number of nitrogens with zero attached hydrogens (tertiary/aromatic N) is 4. The van der Waals surface area contributed by atoms with Crippen LogP contribution >= 0.6 is 0 Å². The van der Waals surface area contributed by atoms with E-state index in [0.717, 1.165) is 16.7 Å². The number of tetrazole rings is 1. The fourth-order valence-corrected chi connectivity index (χ4v) is 2.58. The largest absolute Gasteiger partial charge is 0.481 e. The Morgan fingerprint density at radius 2 is 1.76 bits per heavy atom. The van der Waals surface area contributed by atoms with E-state index in [4.69, 9.17) is 0 Å². The SMILES string of the molecule is Cc1cc(C)c(-c2nnnn2C(C)C(C)C(=O)O)c(C)c1. The Hall–Kier alpha value is -2.24. The molecule has 0 saturated heterocycles. The van der Waals surface area contributed by atoms with Crippen molar-refractivity contribution in [3.63, 3.8) is 0 Å². The van der Waals surface area contributed by atoms with Gasteiger partial charge in [-0.1, -0.05) is 17.7 Å². The second-order valence-electron chi connectivity index (χ2n) is 5.59. The first-order valence-corrected chi connectivity index (χ1v) is 6.91. The summed E-state index contributed by atoms with van der Waals surface area (Å²) < 4.78 is 1.60. The van der Waals surface area contributed by atoms with Crippen LogP contribution in [0.5, 0.6) is 0 Å². The van der Waals surface area contributed by atoms with Crippen LogP contribution in [0.3, 0.4) is 0 Å². The Balaban J connectivity index is 2.54. The summed E-state index contributed by atoms with van der Waals surface area (Å²) in [5.41, 5.74) is 4.31. The topological polar surface area (TPSA) is 80.9 Å². The number of carboxylic acids is 1. The number of benzene rings is 1. The first kappa shape index (κ1) is 15.2. The smallest absolute Gasteiger partial charge is 0.308 e. The maximum atomic E-state index is 11.2. The fourth-order valence-electron chi connectivity index (χ4n) is 2.58. The molecule has 2 atom stereocenters. The maximum Gasteiger partial charge on any atom is 0.308 e. The first-order chi connectivity index (χ1) is 9.82. The van der Waals surface area contributed by atoms with Crippen LogP contribution < -0.4 is 0 Å². The van der Waals surface area contributed by atoms with Crippen LogP contribution in [0.15, 0.2) is 12.1 Å². The maximum absolute atomic E-state index is 11.2. The predicted molar refractivity (Wildman–Crippen MR) is 79.0 cm³/mol. The molecule has 0 aliphatic carbocycles. The standard InChI is InChI=1S/C15H20N4O2/c1-8-6-9(2)13(10(3)7-8)14-16-17-18-19(14)12(5)11(4)15(20)21/h6-7,11-12H,1-5H3,(H,20,21). The van der Waals surface area contributed by atoms with Crippen LogP contribution in [0.1, 0.15) is 36.6 Å². The lowest BCUT2D eigenvalue weighted by Crippen LogP contribution is -2.23. The molecular formula is C15H20N4O2. The van der Waals surface area contributed by atoms with E-state index < -0.39 is 11.9 Å². The van der Waals surface area contributed by atoms with Gasteiger partial charge in [-0.3, -0.25) is 4.79 Å². The van der Waals surface area contributed by atoms with Gasteiger partial charge in [0.1, 0.15) is 0 Å². The van der Waals surface area contributed by atoms with E-state index in [9.17, 15) is 9.90 Å². The molecule has 0 spiro atoms. The lowest BCUT2D eigenvalue weighted by atomic mass is 9.98. The van der Waals surface area contributed by atoms with Crippen molar-refractivity contribution in [2.24, 2.45) is 5.92 Å². The van der Waals surface area contributed by atoms with Crippen LogP contribution in [0.2, 0.25) is 0 Å². The predicted octanol–water partition coefficient (Wildman–Crippen LogP) is 2.55. The molecule has 0 aliphatic rings. The molecule has 0 bridgehead atoms. The van der Waals surface area contributed by atoms with E-state index in [1.165, 1.54) is 5.56 Å². The third-order valence-corrected chi connectivity index (χ3v) is 3.89. The molecule has 1 aromatic carbocycles. The molecule has 6 nitrogen and oxygen atoms in total. The molecule has 2 rings (SSSR count). The Morgan fingerprint density at radius 3 is 2.29 bits per heavy atom. The molecule has 2 unspecified atom stereocenters. The van der Waals surface area contributed by atoms with Gasteiger partial charge in [-0.25, -0.2) is 4.68 Å². The highest BCUT2D eigenvalue weighted by molar-refractivity contribution is 5.70. The summed E-state index contributed by atoms with van der Waals surface area (Å²) in [6.07, 6.45) is 0. The van der Waals surface area contributed by atoms with Gasteiger partial charge in [0.25, 0.3) is 0 Å². The molecule has 0 aliphatic heterocycles. The molecule has 6 heteroatoms. The monoisotopic (exact) mass is 288 g/mol. The van der Waals surface area contributed by atoms with Crippen LogP contribution in [0.4, 0.5) is 0 Å². The Morgan fingerprint density at radius 1 is 1.19 bits per heavy atom. The third kappa shape index (κ3) is 2.79. The third-order valence-electron chi connectivity index (χ3n) is 3.89. The molecule has 1 heterocycles. The van der Waals surface area contributed by atoms with Gasteiger partial charge in [0.15, 0.2) is 5.82 Å². The van der Waals surface area contributed by atoms with Crippen molar-refractivity contribution in [3.8, 4) is 11.4 Å². The van der Waals surface area contributed by atoms with E-state index in [-0.39, 0.29) is 6.04 Å². The van der Waals surface area contributed by atoms with Gasteiger partial charge < -0.3 is 5.11 Å². The molecule has 1 N–H and O–H groups in total. The van der Waals surface area contributed by atoms with Crippen molar-refractivity contribution in [2.75, 3.05) is 0 Å². The van der Waals surface area contributed by atoms with E-state index in [2.05, 4.69) is 27.7 Å². The Bertz CT molecular complexity index is 655. The summed E-state index contributed by atoms with van der Waals surface area (Å²) in [6, 6.07) is 3.83.